The van der Waals surface area contributed by atoms with E-state index < -0.39 is 0 Å². The standard InChI is InChI=1S/C29H33ClN8O2/c1-32-24-8-3-18(13-20(24)14-31)16-38-11-9-21(10-12-38)35-26-23(30)15-34-29-27(26)36-28(37-29)19-4-6-22(7-5-19)40-17-25(39)33-2/h3-8,13-15,21,31-32H,9-12,16-17H2,1-2H3,(H,33,39)(H2,34,35,36,37). The van der Waals surface area contributed by atoms with Crippen molar-refractivity contribution < 1.29 is 9.53 Å². The number of aromatic amines is 1. The van der Waals surface area contributed by atoms with Crippen molar-refractivity contribution in [2.45, 2.75) is 25.4 Å². The molecule has 0 aliphatic carbocycles. The van der Waals surface area contributed by atoms with Crippen molar-refractivity contribution in [1.82, 2.24) is 25.2 Å². The molecule has 0 bridgehead atoms. The zero-order chi connectivity index (χ0) is 28.1. The predicted molar refractivity (Wildman–Crippen MR) is 160 cm³/mol. The molecule has 40 heavy (non-hydrogen) atoms. The van der Waals surface area contributed by atoms with Crippen LogP contribution in [0.2, 0.25) is 5.02 Å². The van der Waals surface area contributed by atoms with Crippen LogP contribution in [0.25, 0.3) is 22.6 Å². The van der Waals surface area contributed by atoms with E-state index in [1.807, 2.05) is 25.2 Å². The van der Waals surface area contributed by atoms with Gasteiger partial charge in [-0.05, 0) is 54.8 Å². The average Bonchev–Trinajstić information content (AvgIpc) is 3.43. The molecule has 1 aliphatic rings. The Morgan fingerprint density at radius 3 is 2.67 bits per heavy atom. The van der Waals surface area contributed by atoms with E-state index in [2.05, 4.69) is 43.0 Å². The van der Waals surface area contributed by atoms with Gasteiger partial charge in [-0.1, -0.05) is 17.7 Å². The Bertz CT molecular complexity index is 1500. The van der Waals surface area contributed by atoms with Crippen molar-refractivity contribution >= 4 is 46.3 Å². The minimum Gasteiger partial charge on any atom is -0.484 e. The van der Waals surface area contributed by atoms with Crippen LogP contribution >= 0.6 is 11.6 Å². The Hall–Kier alpha value is -4.15. The SMILES string of the molecule is CNC(=O)COc1ccc(-c2nc3c(NC4CCN(Cc5ccc(NC)c(C=N)c5)CC4)c(Cl)cnc3[nH]2)cc1. The highest BCUT2D eigenvalue weighted by atomic mass is 35.5. The zero-order valence-corrected chi connectivity index (χ0v) is 23.3. The van der Waals surface area contributed by atoms with Crippen molar-refractivity contribution in [2.75, 3.05) is 44.4 Å². The van der Waals surface area contributed by atoms with Crippen LogP contribution in [-0.4, -0.2) is 71.8 Å². The quantitative estimate of drug-likeness (QED) is 0.180. The number of pyridine rings is 1. The highest BCUT2D eigenvalue weighted by Crippen LogP contribution is 2.32. The second kappa shape index (κ2) is 12.4. The predicted octanol–water partition coefficient (Wildman–Crippen LogP) is 4.52. The maximum atomic E-state index is 11.4. The van der Waals surface area contributed by atoms with Crippen LogP contribution in [0.4, 0.5) is 11.4 Å². The number of nitrogens with zero attached hydrogens (tertiary/aromatic N) is 3. The van der Waals surface area contributed by atoms with Gasteiger partial charge in [-0.2, -0.15) is 0 Å². The summed E-state index contributed by atoms with van der Waals surface area (Å²) in [5, 5.41) is 17.5. The van der Waals surface area contributed by atoms with E-state index in [9.17, 15) is 4.79 Å². The Morgan fingerprint density at radius 1 is 1.20 bits per heavy atom. The first kappa shape index (κ1) is 27.4. The van der Waals surface area contributed by atoms with Gasteiger partial charge in [-0.3, -0.25) is 9.69 Å². The van der Waals surface area contributed by atoms with Gasteiger partial charge < -0.3 is 31.1 Å². The fraction of sp³-hybridized carbons (Fsp3) is 0.310. The molecule has 2 aromatic carbocycles. The molecule has 5 N–H and O–H groups in total. The van der Waals surface area contributed by atoms with Gasteiger partial charge in [0.05, 0.1) is 16.9 Å². The zero-order valence-electron chi connectivity index (χ0n) is 22.6. The second-order valence-electron chi connectivity index (χ2n) is 9.76. The average molecular weight is 561 g/mol. The number of carbonyl (C=O) groups excluding carboxylic acids is 1. The number of aromatic nitrogens is 3. The van der Waals surface area contributed by atoms with E-state index in [4.69, 9.17) is 26.7 Å². The number of benzene rings is 2. The lowest BCUT2D eigenvalue weighted by molar-refractivity contribution is -0.122. The highest BCUT2D eigenvalue weighted by molar-refractivity contribution is 6.34. The van der Waals surface area contributed by atoms with E-state index in [1.165, 1.54) is 11.8 Å². The fourth-order valence-electron chi connectivity index (χ4n) is 4.89. The van der Waals surface area contributed by atoms with Gasteiger partial charge in [0, 0.05) is 62.8 Å². The number of likely N-dealkylation sites (tertiary alicyclic amines) is 1. The molecule has 1 amide bonds. The van der Waals surface area contributed by atoms with Crippen LogP contribution in [0.5, 0.6) is 5.75 Å². The van der Waals surface area contributed by atoms with Crippen molar-refractivity contribution in [2.24, 2.45) is 0 Å². The van der Waals surface area contributed by atoms with Gasteiger partial charge in [0.25, 0.3) is 5.91 Å². The van der Waals surface area contributed by atoms with Crippen LogP contribution in [0.15, 0.2) is 48.7 Å². The molecular weight excluding hydrogens is 528 g/mol. The minimum atomic E-state index is -0.188. The van der Waals surface area contributed by atoms with Gasteiger partial charge in [0.15, 0.2) is 12.3 Å². The molecule has 1 fully saturated rings. The number of H-pyrrole nitrogens is 1. The Labute approximate surface area is 238 Å². The Balaban J connectivity index is 1.24. The lowest BCUT2D eigenvalue weighted by Gasteiger charge is -2.33. The topological polar surface area (TPSA) is 131 Å². The van der Waals surface area contributed by atoms with E-state index in [0.29, 0.717) is 27.8 Å². The molecule has 3 heterocycles. The molecule has 0 spiro atoms. The molecule has 1 aliphatic heterocycles. The third kappa shape index (κ3) is 6.19. The lowest BCUT2D eigenvalue weighted by Crippen LogP contribution is -2.38. The fourth-order valence-corrected chi connectivity index (χ4v) is 5.08. The summed E-state index contributed by atoms with van der Waals surface area (Å²) in [4.78, 5) is 26.4. The molecule has 0 unspecified atom stereocenters. The van der Waals surface area contributed by atoms with Crippen molar-refractivity contribution in [3.05, 3.63) is 64.8 Å². The number of piperidine rings is 1. The molecular formula is C29H33ClN8O2. The van der Waals surface area contributed by atoms with E-state index in [0.717, 1.165) is 55.0 Å². The smallest absolute Gasteiger partial charge is 0.257 e. The number of likely N-dealkylation sites (N-methyl/N-ethyl adjacent to an activating group) is 1. The molecule has 2 aromatic heterocycles. The number of hydrogen-bond acceptors (Lipinski definition) is 8. The lowest BCUT2D eigenvalue weighted by atomic mass is 10.0. The summed E-state index contributed by atoms with van der Waals surface area (Å²) >= 11 is 6.60. The van der Waals surface area contributed by atoms with Crippen LogP contribution in [0.1, 0.15) is 24.0 Å². The van der Waals surface area contributed by atoms with Gasteiger partial charge in [0.1, 0.15) is 17.1 Å². The van der Waals surface area contributed by atoms with E-state index >= 15 is 0 Å². The number of imidazole rings is 1. The summed E-state index contributed by atoms with van der Waals surface area (Å²) in [6.07, 6.45) is 4.99. The summed E-state index contributed by atoms with van der Waals surface area (Å²) in [6, 6.07) is 13.9. The summed E-state index contributed by atoms with van der Waals surface area (Å²) in [7, 11) is 3.45. The molecule has 11 heteroatoms. The second-order valence-corrected chi connectivity index (χ2v) is 10.2. The summed E-state index contributed by atoms with van der Waals surface area (Å²) in [5.74, 6) is 1.09. The first-order chi connectivity index (χ1) is 19.5. The van der Waals surface area contributed by atoms with Gasteiger partial charge >= 0.3 is 0 Å². The first-order valence-electron chi connectivity index (χ1n) is 13.3. The summed E-state index contributed by atoms with van der Waals surface area (Å²) in [5.41, 5.74) is 6.09. The molecule has 0 radical (unpaired) electrons. The molecule has 208 valence electrons. The number of anilines is 2. The third-order valence-electron chi connectivity index (χ3n) is 7.13. The molecule has 1 saturated heterocycles. The maximum Gasteiger partial charge on any atom is 0.257 e. The van der Waals surface area contributed by atoms with Gasteiger partial charge in [-0.15, -0.1) is 0 Å². The highest BCUT2D eigenvalue weighted by Gasteiger charge is 2.22. The van der Waals surface area contributed by atoms with E-state index in [-0.39, 0.29) is 18.6 Å². The number of hydrogen-bond donors (Lipinski definition) is 5. The number of carbonyl (C=O) groups is 1. The molecule has 0 saturated carbocycles. The molecule has 10 nitrogen and oxygen atoms in total. The van der Waals surface area contributed by atoms with Crippen LogP contribution in [-0.2, 0) is 11.3 Å². The largest absolute Gasteiger partial charge is 0.484 e. The van der Waals surface area contributed by atoms with Crippen molar-refractivity contribution in [1.29, 1.82) is 5.41 Å². The third-order valence-corrected chi connectivity index (χ3v) is 7.41. The summed E-state index contributed by atoms with van der Waals surface area (Å²) < 4.78 is 5.49. The van der Waals surface area contributed by atoms with Crippen LogP contribution in [0.3, 0.4) is 0 Å². The monoisotopic (exact) mass is 560 g/mol. The number of fused-ring (bicyclic) bond motifs is 1. The molecule has 4 aromatic rings. The Morgan fingerprint density at radius 2 is 1.98 bits per heavy atom. The maximum absolute atomic E-state index is 11.4. The van der Waals surface area contributed by atoms with Crippen LogP contribution in [0, 0.1) is 5.41 Å². The van der Waals surface area contributed by atoms with Crippen molar-refractivity contribution in [3.63, 3.8) is 0 Å². The normalized spacial score (nSPS) is 14.2. The number of ether oxygens (including phenoxy) is 1. The minimum absolute atomic E-state index is 0.0354. The Kier molecular flexibility index (Phi) is 8.47. The number of halogens is 1. The number of nitrogens with one attached hydrogen (secondary N) is 5. The van der Waals surface area contributed by atoms with Gasteiger partial charge in [-0.25, -0.2) is 9.97 Å². The summed E-state index contributed by atoms with van der Waals surface area (Å²) in [6.45, 7) is 2.73. The van der Waals surface area contributed by atoms with Gasteiger partial charge in [0.2, 0.25) is 0 Å². The van der Waals surface area contributed by atoms with E-state index in [1.54, 1.807) is 25.4 Å². The number of amides is 1. The van der Waals surface area contributed by atoms with Crippen molar-refractivity contribution in [3.8, 4) is 17.1 Å². The molecule has 0 atom stereocenters. The molecule has 5 rings (SSSR count). The number of rotatable bonds is 10. The van der Waals surface area contributed by atoms with Crippen LogP contribution < -0.4 is 20.7 Å². The first-order valence-corrected chi connectivity index (χ1v) is 13.6.